The second-order valence-electron chi connectivity index (χ2n) is 5.05. The summed E-state index contributed by atoms with van der Waals surface area (Å²) in [7, 11) is 0. The van der Waals surface area contributed by atoms with Gasteiger partial charge in [0.05, 0.1) is 4.91 Å². The van der Waals surface area contributed by atoms with Gasteiger partial charge in [-0.1, -0.05) is 42.2 Å². The molecule has 1 saturated heterocycles. The van der Waals surface area contributed by atoms with Crippen LogP contribution in [0.15, 0.2) is 35.4 Å². The van der Waals surface area contributed by atoms with E-state index in [1.807, 2.05) is 31.2 Å². The Morgan fingerprint density at radius 3 is 2.78 bits per heavy atom. The number of aliphatic carboxylic acids is 1. The van der Waals surface area contributed by atoms with E-state index in [2.05, 4.69) is 0 Å². The molecule has 0 aliphatic carbocycles. The third-order valence-electron chi connectivity index (χ3n) is 3.60. The van der Waals surface area contributed by atoms with Crippen molar-refractivity contribution in [3.05, 3.63) is 40.9 Å². The molecular weight excluding hydrogens is 332 g/mol. The number of thioether (sulfide) groups is 1. The Morgan fingerprint density at radius 2 is 2.13 bits per heavy atom. The third-order valence-corrected chi connectivity index (χ3v) is 4.98. The first kappa shape index (κ1) is 15.8. The smallest absolute Gasteiger partial charge is 0.323 e. The van der Waals surface area contributed by atoms with Gasteiger partial charge >= 0.3 is 5.97 Å². The maximum Gasteiger partial charge on any atom is 0.323 e. The van der Waals surface area contributed by atoms with Crippen LogP contribution >= 0.6 is 24.0 Å². The van der Waals surface area contributed by atoms with Crippen LogP contribution in [0.4, 0.5) is 0 Å². The monoisotopic (exact) mass is 346 g/mol. The van der Waals surface area contributed by atoms with Gasteiger partial charge in [0.2, 0.25) is 0 Å². The molecule has 118 valence electrons. The Kier molecular flexibility index (Phi) is 4.23. The minimum absolute atomic E-state index is 0.0995. The maximum absolute atomic E-state index is 12.3. The molecule has 1 aliphatic rings. The number of benzene rings is 1. The quantitative estimate of drug-likeness (QED) is 0.681. The number of thiocarbonyl (C=S) groups is 1. The number of likely N-dealkylation sites (N-methyl/N-ethyl adjacent to an activating group) is 1. The average Bonchev–Trinajstić information content (AvgIpc) is 2.98. The van der Waals surface area contributed by atoms with Crippen LogP contribution < -0.4 is 0 Å². The SMILES string of the molecule is CCN1C(=O)/C(=C/c2cn(CC(=O)O)c3ccccc23)SC1=S. The number of nitrogens with zero attached hydrogens (tertiary/aromatic N) is 2. The van der Waals surface area contributed by atoms with Crippen molar-refractivity contribution in [3.8, 4) is 0 Å². The molecule has 0 atom stereocenters. The van der Waals surface area contributed by atoms with Gasteiger partial charge in [0, 0.05) is 29.2 Å². The summed E-state index contributed by atoms with van der Waals surface area (Å²) >= 11 is 6.49. The average molecular weight is 346 g/mol. The minimum Gasteiger partial charge on any atom is -0.480 e. The molecule has 1 amide bonds. The van der Waals surface area contributed by atoms with Crippen molar-refractivity contribution in [1.29, 1.82) is 0 Å². The molecule has 5 nitrogen and oxygen atoms in total. The van der Waals surface area contributed by atoms with Crippen molar-refractivity contribution < 1.29 is 14.7 Å². The number of carboxylic acid groups (broad SMARTS) is 1. The van der Waals surface area contributed by atoms with Crippen LogP contribution in [0.3, 0.4) is 0 Å². The highest BCUT2D eigenvalue weighted by molar-refractivity contribution is 8.26. The van der Waals surface area contributed by atoms with Gasteiger partial charge in [-0.05, 0) is 19.1 Å². The van der Waals surface area contributed by atoms with Gasteiger partial charge in [-0.3, -0.25) is 14.5 Å². The molecule has 1 aromatic carbocycles. The van der Waals surface area contributed by atoms with Gasteiger partial charge in [-0.15, -0.1) is 0 Å². The van der Waals surface area contributed by atoms with Crippen molar-refractivity contribution in [3.63, 3.8) is 0 Å². The summed E-state index contributed by atoms with van der Waals surface area (Å²) in [6.45, 7) is 2.31. The van der Waals surface area contributed by atoms with Crippen LogP contribution in [-0.2, 0) is 16.1 Å². The molecular formula is C16H14N2O3S2. The van der Waals surface area contributed by atoms with Gasteiger partial charge in [0.15, 0.2) is 0 Å². The molecule has 2 heterocycles. The lowest BCUT2D eigenvalue weighted by Gasteiger charge is -2.09. The summed E-state index contributed by atoms with van der Waals surface area (Å²) in [6.07, 6.45) is 3.55. The highest BCUT2D eigenvalue weighted by atomic mass is 32.2. The lowest BCUT2D eigenvalue weighted by Crippen LogP contribution is -2.27. The number of para-hydroxylation sites is 1. The molecule has 0 bridgehead atoms. The van der Waals surface area contributed by atoms with E-state index >= 15 is 0 Å². The second kappa shape index (κ2) is 6.17. The van der Waals surface area contributed by atoms with Crippen LogP contribution in [0.2, 0.25) is 0 Å². The van der Waals surface area contributed by atoms with Crippen molar-refractivity contribution in [2.45, 2.75) is 13.5 Å². The molecule has 23 heavy (non-hydrogen) atoms. The topological polar surface area (TPSA) is 62.5 Å². The van der Waals surface area contributed by atoms with E-state index in [0.29, 0.717) is 15.8 Å². The van der Waals surface area contributed by atoms with Crippen LogP contribution in [-0.4, -0.2) is 37.3 Å². The molecule has 0 saturated carbocycles. The molecule has 1 N–H and O–H groups in total. The Labute approximate surface area is 142 Å². The highest BCUT2D eigenvalue weighted by Crippen LogP contribution is 2.34. The molecule has 1 fully saturated rings. The first-order valence-electron chi connectivity index (χ1n) is 7.06. The number of carbonyl (C=O) groups is 2. The number of carboxylic acids is 1. The van der Waals surface area contributed by atoms with Gasteiger partial charge < -0.3 is 9.67 Å². The summed E-state index contributed by atoms with van der Waals surface area (Å²) in [5.74, 6) is -1.01. The van der Waals surface area contributed by atoms with E-state index in [-0.39, 0.29) is 12.5 Å². The van der Waals surface area contributed by atoms with Gasteiger partial charge in [-0.25, -0.2) is 0 Å². The molecule has 0 spiro atoms. The van der Waals surface area contributed by atoms with Crippen LogP contribution in [0.1, 0.15) is 12.5 Å². The van der Waals surface area contributed by atoms with Crippen molar-refractivity contribution in [2.75, 3.05) is 6.54 Å². The fraction of sp³-hybridized carbons (Fsp3) is 0.188. The van der Waals surface area contributed by atoms with Gasteiger partial charge in [0.1, 0.15) is 10.9 Å². The van der Waals surface area contributed by atoms with Crippen LogP contribution in [0.25, 0.3) is 17.0 Å². The lowest BCUT2D eigenvalue weighted by atomic mass is 10.1. The molecule has 1 aliphatic heterocycles. The lowest BCUT2D eigenvalue weighted by molar-refractivity contribution is -0.137. The number of fused-ring (bicyclic) bond motifs is 1. The first-order chi connectivity index (χ1) is 11.0. The number of rotatable bonds is 4. The van der Waals surface area contributed by atoms with E-state index in [1.54, 1.807) is 21.7 Å². The number of carbonyl (C=O) groups excluding carboxylic acids is 1. The zero-order chi connectivity index (χ0) is 16.6. The fourth-order valence-corrected chi connectivity index (χ4v) is 3.96. The highest BCUT2D eigenvalue weighted by Gasteiger charge is 2.30. The molecule has 3 rings (SSSR count). The number of hydrogen-bond acceptors (Lipinski definition) is 4. The zero-order valence-corrected chi connectivity index (χ0v) is 14.0. The van der Waals surface area contributed by atoms with Crippen LogP contribution in [0, 0.1) is 0 Å². The summed E-state index contributed by atoms with van der Waals surface area (Å²) in [5.41, 5.74) is 1.64. The molecule has 2 aromatic rings. The van der Waals surface area contributed by atoms with Gasteiger partial charge in [-0.2, -0.15) is 0 Å². The number of hydrogen-bond donors (Lipinski definition) is 1. The molecule has 0 radical (unpaired) electrons. The normalized spacial score (nSPS) is 16.7. The van der Waals surface area contributed by atoms with Gasteiger partial charge in [0.25, 0.3) is 5.91 Å². The summed E-state index contributed by atoms with van der Waals surface area (Å²) in [4.78, 5) is 25.5. The van der Waals surface area contributed by atoms with Crippen molar-refractivity contribution >= 4 is 57.2 Å². The second-order valence-corrected chi connectivity index (χ2v) is 6.72. The summed E-state index contributed by atoms with van der Waals surface area (Å²) < 4.78 is 2.22. The van der Waals surface area contributed by atoms with E-state index in [0.717, 1.165) is 16.5 Å². The Bertz CT molecular complexity index is 854. The van der Waals surface area contributed by atoms with E-state index < -0.39 is 5.97 Å². The van der Waals surface area contributed by atoms with E-state index in [9.17, 15) is 9.59 Å². The number of aromatic nitrogens is 1. The van der Waals surface area contributed by atoms with E-state index in [4.69, 9.17) is 17.3 Å². The summed E-state index contributed by atoms with van der Waals surface area (Å²) in [6, 6.07) is 7.54. The maximum atomic E-state index is 12.3. The molecule has 0 unspecified atom stereocenters. The number of amides is 1. The standard InChI is InChI=1S/C16H14N2O3S2/c1-2-18-15(21)13(23-16(18)22)7-10-8-17(9-14(19)20)12-6-4-3-5-11(10)12/h3-8H,2,9H2,1H3,(H,19,20)/b13-7-. The Balaban J connectivity index is 2.07. The molecule has 7 heteroatoms. The molecule has 1 aromatic heterocycles. The predicted molar refractivity (Wildman–Crippen MR) is 95.1 cm³/mol. The Hall–Kier alpha value is -2.12. The summed E-state index contributed by atoms with van der Waals surface area (Å²) in [5, 5.41) is 9.96. The van der Waals surface area contributed by atoms with Crippen molar-refractivity contribution in [1.82, 2.24) is 9.47 Å². The van der Waals surface area contributed by atoms with Crippen LogP contribution in [0.5, 0.6) is 0 Å². The third kappa shape index (κ3) is 2.89. The Morgan fingerprint density at radius 1 is 1.39 bits per heavy atom. The fourth-order valence-electron chi connectivity index (χ4n) is 2.58. The largest absolute Gasteiger partial charge is 0.480 e. The van der Waals surface area contributed by atoms with Crippen molar-refractivity contribution in [2.24, 2.45) is 0 Å². The van der Waals surface area contributed by atoms with E-state index in [1.165, 1.54) is 11.8 Å². The zero-order valence-electron chi connectivity index (χ0n) is 12.4. The first-order valence-corrected chi connectivity index (χ1v) is 8.28. The predicted octanol–water partition coefficient (Wildman–Crippen LogP) is 2.95. The minimum atomic E-state index is -0.908.